The minimum atomic E-state index is -0.806. The van der Waals surface area contributed by atoms with E-state index in [2.05, 4.69) is 15.9 Å². The number of carbonyl (C=O) groups is 1. The molecule has 4 heteroatoms. The van der Waals surface area contributed by atoms with E-state index >= 15 is 0 Å². The number of halogens is 1. The largest absolute Gasteiger partial charge is 0.481 e. The number of aliphatic carboxylic acids is 1. The van der Waals surface area contributed by atoms with E-state index in [9.17, 15) is 4.79 Å². The molecule has 0 fully saturated rings. The molecule has 0 aliphatic heterocycles. The first kappa shape index (κ1) is 10.2. The van der Waals surface area contributed by atoms with Crippen LogP contribution in [0.3, 0.4) is 0 Å². The number of nitrogens with zero attached hydrogens (tertiary/aromatic N) is 1. The van der Waals surface area contributed by atoms with Crippen LogP contribution in [0, 0.1) is 0 Å². The number of carboxylic acids is 1. The number of hydrogen-bond acceptors (Lipinski definition) is 1. The molecule has 0 aliphatic rings. The smallest absolute Gasteiger partial charge is 0.307 e. The van der Waals surface area contributed by atoms with Crippen LogP contribution in [0.4, 0.5) is 0 Å². The zero-order valence-corrected chi connectivity index (χ0v) is 9.78. The van der Waals surface area contributed by atoms with Crippen LogP contribution < -0.4 is 0 Å². The van der Waals surface area contributed by atoms with Gasteiger partial charge in [0.25, 0.3) is 0 Å². The molecule has 1 N–H and O–H groups in total. The number of aromatic nitrogens is 1. The van der Waals surface area contributed by atoms with Crippen molar-refractivity contribution in [2.45, 2.75) is 6.42 Å². The summed E-state index contributed by atoms with van der Waals surface area (Å²) < 4.78 is 2.93. The Morgan fingerprint density at radius 1 is 1.53 bits per heavy atom. The highest BCUT2D eigenvalue weighted by molar-refractivity contribution is 9.10. The van der Waals surface area contributed by atoms with Gasteiger partial charge in [-0.1, -0.05) is 18.2 Å². The molecule has 0 saturated heterocycles. The number of aryl methyl sites for hydroxylation is 1. The Hall–Kier alpha value is -1.29. The standard InChI is InChI=1S/C11H10BrNO2/c1-13-6-9(12)8-4-2-3-7(11(8)13)5-10(14)15/h2-4,6H,5H2,1H3,(H,14,15). The third kappa shape index (κ3) is 1.77. The molecular weight excluding hydrogens is 258 g/mol. The number of rotatable bonds is 2. The molecule has 2 rings (SSSR count). The predicted octanol–water partition coefficient (Wildman–Crippen LogP) is 2.57. The minimum Gasteiger partial charge on any atom is -0.481 e. The van der Waals surface area contributed by atoms with Gasteiger partial charge in [-0.25, -0.2) is 0 Å². The van der Waals surface area contributed by atoms with Crippen LogP contribution in [0.1, 0.15) is 5.56 Å². The number of hydrogen-bond donors (Lipinski definition) is 1. The molecule has 0 spiro atoms. The Labute approximate surface area is 95.5 Å². The number of carboxylic acid groups (broad SMARTS) is 1. The normalized spacial score (nSPS) is 10.8. The van der Waals surface area contributed by atoms with Crippen molar-refractivity contribution in [3.8, 4) is 0 Å². The van der Waals surface area contributed by atoms with Crippen molar-refractivity contribution in [2.24, 2.45) is 7.05 Å². The Kier molecular flexibility index (Phi) is 2.52. The maximum absolute atomic E-state index is 10.7. The highest BCUT2D eigenvalue weighted by Crippen LogP contribution is 2.28. The van der Waals surface area contributed by atoms with Gasteiger partial charge in [0.1, 0.15) is 0 Å². The zero-order chi connectivity index (χ0) is 11.0. The van der Waals surface area contributed by atoms with Crippen molar-refractivity contribution >= 4 is 32.8 Å². The van der Waals surface area contributed by atoms with Gasteiger partial charge in [-0.15, -0.1) is 0 Å². The van der Waals surface area contributed by atoms with Crippen molar-refractivity contribution in [1.29, 1.82) is 0 Å². The molecule has 2 aromatic rings. The monoisotopic (exact) mass is 267 g/mol. The lowest BCUT2D eigenvalue weighted by Gasteiger charge is -2.03. The third-order valence-corrected chi connectivity index (χ3v) is 3.01. The van der Waals surface area contributed by atoms with Gasteiger partial charge in [0.15, 0.2) is 0 Å². The molecule has 0 bridgehead atoms. The van der Waals surface area contributed by atoms with Crippen molar-refractivity contribution in [2.75, 3.05) is 0 Å². The van der Waals surface area contributed by atoms with Crippen LogP contribution in [-0.4, -0.2) is 15.6 Å². The predicted molar refractivity (Wildman–Crippen MR) is 62.0 cm³/mol. The summed E-state index contributed by atoms with van der Waals surface area (Å²) in [6.45, 7) is 0. The molecule has 1 heterocycles. The van der Waals surface area contributed by atoms with E-state index in [1.165, 1.54) is 0 Å². The summed E-state index contributed by atoms with van der Waals surface area (Å²) in [5, 5.41) is 9.86. The van der Waals surface area contributed by atoms with Gasteiger partial charge in [-0.3, -0.25) is 4.79 Å². The molecule has 0 saturated carbocycles. The van der Waals surface area contributed by atoms with E-state index in [1.807, 2.05) is 36.0 Å². The van der Waals surface area contributed by atoms with Gasteiger partial charge in [-0.2, -0.15) is 0 Å². The second-order valence-corrected chi connectivity index (χ2v) is 4.33. The SMILES string of the molecule is Cn1cc(Br)c2cccc(CC(=O)O)c21. The number of para-hydroxylation sites is 1. The first-order valence-electron chi connectivity index (χ1n) is 4.54. The Morgan fingerprint density at radius 2 is 2.27 bits per heavy atom. The van der Waals surface area contributed by atoms with Gasteiger partial charge in [0.2, 0.25) is 0 Å². The number of fused-ring (bicyclic) bond motifs is 1. The average Bonchev–Trinajstić information content (AvgIpc) is 2.43. The molecule has 0 unspecified atom stereocenters. The second-order valence-electron chi connectivity index (χ2n) is 3.47. The lowest BCUT2D eigenvalue weighted by molar-refractivity contribution is -0.136. The first-order valence-corrected chi connectivity index (χ1v) is 5.33. The van der Waals surface area contributed by atoms with Gasteiger partial charge in [0.05, 0.1) is 11.9 Å². The molecule has 78 valence electrons. The second kappa shape index (κ2) is 3.70. The Balaban J connectivity index is 2.69. The van der Waals surface area contributed by atoms with Crippen molar-refractivity contribution in [1.82, 2.24) is 4.57 Å². The summed E-state index contributed by atoms with van der Waals surface area (Å²) in [5.41, 5.74) is 1.82. The summed E-state index contributed by atoms with van der Waals surface area (Å²) in [5.74, 6) is -0.806. The molecule has 0 amide bonds. The summed E-state index contributed by atoms with van der Waals surface area (Å²) in [6, 6.07) is 5.71. The fourth-order valence-electron chi connectivity index (χ4n) is 1.81. The maximum Gasteiger partial charge on any atom is 0.307 e. The van der Waals surface area contributed by atoms with E-state index < -0.39 is 5.97 Å². The van der Waals surface area contributed by atoms with Crippen LogP contribution in [0.5, 0.6) is 0 Å². The molecule has 0 atom stereocenters. The fourth-order valence-corrected chi connectivity index (χ4v) is 2.44. The summed E-state index contributed by atoms with van der Waals surface area (Å²) in [7, 11) is 1.92. The molecule has 1 aromatic carbocycles. The fraction of sp³-hybridized carbons (Fsp3) is 0.182. The summed E-state index contributed by atoms with van der Waals surface area (Å²) in [4.78, 5) is 10.7. The Bertz CT molecular complexity index is 531. The van der Waals surface area contributed by atoms with Crippen molar-refractivity contribution < 1.29 is 9.90 Å². The molecule has 15 heavy (non-hydrogen) atoms. The van der Waals surface area contributed by atoms with E-state index in [1.54, 1.807) is 0 Å². The first-order chi connectivity index (χ1) is 7.09. The van der Waals surface area contributed by atoms with Crippen LogP contribution >= 0.6 is 15.9 Å². The third-order valence-electron chi connectivity index (χ3n) is 2.38. The van der Waals surface area contributed by atoms with Crippen LogP contribution in [0.15, 0.2) is 28.9 Å². The van der Waals surface area contributed by atoms with Crippen molar-refractivity contribution in [3.63, 3.8) is 0 Å². The van der Waals surface area contributed by atoms with Crippen LogP contribution in [0.25, 0.3) is 10.9 Å². The highest BCUT2D eigenvalue weighted by Gasteiger charge is 2.10. The van der Waals surface area contributed by atoms with Crippen molar-refractivity contribution in [3.05, 3.63) is 34.4 Å². The van der Waals surface area contributed by atoms with E-state index in [-0.39, 0.29) is 6.42 Å². The van der Waals surface area contributed by atoms with Gasteiger partial charge in [-0.05, 0) is 21.5 Å². The lowest BCUT2D eigenvalue weighted by atomic mass is 10.1. The molecule has 0 radical (unpaired) electrons. The summed E-state index contributed by atoms with van der Waals surface area (Å²) in [6.07, 6.45) is 2.00. The molecule has 1 aromatic heterocycles. The van der Waals surface area contributed by atoms with Crippen LogP contribution in [0.2, 0.25) is 0 Å². The highest BCUT2D eigenvalue weighted by atomic mass is 79.9. The van der Waals surface area contributed by atoms with Crippen LogP contribution in [-0.2, 0) is 18.3 Å². The van der Waals surface area contributed by atoms with Gasteiger partial charge >= 0.3 is 5.97 Å². The average molecular weight is 268 g/mol. The quantitative estimate of drug-likeness (QED) is 0.909. The summed E-state index contributed by atoms with van der Waals surface area (Å²) >= 11 is 3.45. The topological polar surface area (TPSA) is 42.2 Å². The van der Waals surface area contributed by atoms with Gasteiger partial charge in [0, 0.05) is 23.1 Å². The molecule has 0 aliphatic carbocycles. The van der Waals surface area contributed by atoms with E-state index in [0.717, 1.165) is 20.9 Å². The minimum absolute atomic E-state index is 0.0572. The lowest BCUT2D eigenvalue weighted by Crippen LogP contribution is -2.02. The number of benzene rings is 1. The molecular formula is C11H10BrNO2. The van der Waals surface area contributed by atoms with E-state index in [0.29, 0.717) is 0 Å². The van der Waals surface area contributed by atoms with E-state index in [4.69, 9.17) is 5.11 Å². The Morgan fingerprint density at radius 3 is 2.93 bits per heavy atom. The zero-order valence-electron chi connectivity index (χ0n) is 8.20. The molecule has 3 nitrogen and oxygen atoms in total. The maximum atomic E-state index is 10.7. The van der Waals surface area contributed by atoms with Gasteiger partial charge < -0.3 is 9.67 Å².